The van der Waals surface area contributed by atoms with Crippen molar-refractivity contribution in [2.45, 2.75) is 63.2 Å². The van der Waals surface area contributed by atoms with Gasteiger partial charge in [0.1, 0.15) is 5.82 Å². The predicted molar refractivity (Wildman–Crippen MR) is 143 cm³/mol. The van der Waals surface area contributed by atoms with Crippen LogP contribution in [0.1, 0.15) is 64.4 Å². The molecule has 2 aromatic carbocycles. The van der Waals surface area contributed by atoms with Gasteiger partial charge in [-0.15, -0.1) is 10.2 Å². The van der Waals surface area contributed by atoms with Crippen LogP contribution in [0.2, 0.25) is 0 Å². The Bertz CT molecular complexity index is 1600. The highest BCUT2D eigenvalue weighted by atomic mass is 19.4. The summed E-state index contributed by atoms with van der Waals surface area (Å²) in [6, 6.07) is 9.29. The third kappa shape index (κ3) is 5.83. The fraction of sp³-hybridized carbons (Fsp3) is 0.448. The van der Waals surface area contributed by atoms with E-state index in [1.165, 1.54) is 18.2 Å². The molecule has 1 saturated carbocycles. The van der Waals surface area contributed by atoms with Gasteiger partial charge in [0.25, 0.3) is 5.91 Å². The van der Waals surface area contributed by atoms with Crippen molar-refractivity contribution in [2.75, 3.05) is 13.1 Å². The van der Waals surface area contributed by atoms with Crippen LogP contribution in [0.5, 0.6) is 0 Å². The summed E-state index contributed by atoms with van der Waals surface area (Å²) >= 11 is 0. The average molecular weight is 624 g/mol. The van der Waals surface area contributed by atoms with E-state index in [0.29, 0.717) is 23.5 Å². The van der Waals surface area contributed by atoms with E-state index < -0.39 is 53.1 Å². The van der Waals surface area contributed by atoms with E-state index >= 15 is 0 Å². The molecule has 1 saturated heterocycles. The molecule has 2 N–H and O–H groups in total. The number of carbonyl (C=O) groups excluding carboxylic acids is 1. The Morgan fingerprint density at radius 2 is 1.80 bits per heavy atom. The van der Waals surface area contributed by atoms with Crippen molar-refractivity contribution in [3.63, 3.8) is 0 Å². The number of amides is 1. The standard InChI is InChI=1S/C29H28F7N7O/c30-20-3-1-2-19(13-20)27(9-8-17-4-5-17)16-42(26(37)38-27)14-18-6-7-22(28(31,32)33)21(12-18)24(44)41-10-11-43-23(15-41)39-40-25(43)29(34,35)36/h1-3,6-7,12-13,17H,4-5,8-11,14-16H2,(H2,37,38)/t27-/m0/s1. The fourth-order valence-electron chi connectivity index (χ4n) is 6.02. The van der Waals surface area contributed by atoms with Crippen LogP contribution in [-0.2, 0) is 37.5 Å². The lowest BCUT2D eigenvalue weighted by molar-refractivity contribution is -0.148. The highest BCUT2D eigenvalue weighted by Crippen LogP contribution is 2.41. The molecule has 3 heterocycles. The molecule has 3 aromatic rings. The first-order chi connectivity index (χ1) is 20.7. The number of alkyl halides is 6. The first-order valence-electron chi connectivity index (χ1n) is 14.1. The van der Waals surface area contributed by atoms with Gasteiger partial charge in [0.2, 0.25) is 5.82 Å². The van der Waals surface area contributed by atoms with Gasteiger partial charge >= 0.3 is 12.4 Å². The lowest BCUT2D eigenvalue weighted by Crippen LogP contribution is -2.40. The molecule has 6 rings (SSSR count). The van der Waals surface area contributed by atoms with Crippen LogP contribution in [0.25, 0.3) is 0 Å². The van der Waals surface area contributed by atoms with Crippen molar-refractivity contribution >= 4 is 11.9 Å². The fourth-order valence-corrected chi connectivity index (χ4v) is 6.02. The molecule has 1 aliphatic carbocycles. The smallest absolute Gasteiger partial charge is 0.345 e. The summed E-state index contributed by atoms with van der Waals surface area (Å²) in [4.78, 5) is 16.1. The molecule has 0 radical (unpaired) electrons. The molecular weight excluding hydrogens is 595 g/mol. The number of nitrogens with one attached hydrogen (secondary N) is 2. The second-order valence-electron chi connectivity index (χ2n) is 11.6. The van der Waals surface area contributed by atoms with Crippen LogP contribution >= 0.6 is 0 Å². The Balaban J connectivity index is 1.26. The van der Waals surface area contributed by atoms with Crippen LogP contribution < -0.4 is 5.32 Å². The number of fused-ring (bicyclic) bond motifs is 1. The molecule has 234 valence electrons. The van der Waals surface area contributed by atoms with E-state index in [-0.39, 0.29) is 38.0 Å². The maximum absolute atomic E-state index is 14.2. The number of guanidine groups is 1. The maximum Gasteiger partial charge on any atom is 0.451 e. The summed E-state index contributed by atoms with van der Waals surface area (Å²) in [6.45, 7) is -0.791. The lowest BCUT2D eigenvalue weighted by atomic mass is 9.85. The number of nitrogens with zero attached hydrogens (tertiary/aromatic N) is 5. The monoisotopic (exact) mass is 623 g/mol. The maximum atomic E-state index is 14.2. The molecule has 0 spiro atoms. The van der Waals surface area contributed by atoms with E-state index in [4.69, 9.17) is 5.41 Å². The molecule has 8 nitrogen and oxygen atoms in total. The van der Waals surface area contributed by atoms with Crippen LogP contribution in [0, 0.1) is 17.1 Å². The van der Waals surface area contributed by atoms with E-state index in [1.807, 2.05) is 0 Å². The summed E-state index contributed by atoms with van der Waals surface area (Å²) < 4.78 is 96.7. The Morgan fingerprint density at radius 3 is 2.48 bits per heavy atom. The van der Waals surface area contributed by atoms with Crippen LogP contribution in [0.15, 0.2) is 42.5 Å². The van der Waals surface area contributed by atoms with Crippen molar-refractivity contribution in [3.8, 4) is 0 Å². The Labute approximate surface area is 247 Å². The molecule has 15 heteroatoms. The normalized spacial score (nSPS) is 20.6. The molecule has 1 amide bonds. The minimum absolute atomic E-state index is 0.00594. The largest absolute Gasteiger partial charge is 0.451 e. The molecule has 1 aromatic heterocycles. The zero-order valence-corrected chi connectivity index (χ0v) is 23.3. The van der Waals surface area contributed by atoms with Crippen LogP contribution in [0.3, 0.4) is 0 Å². The van der Waals surface area contributed by atoms with E-state index in [1.54, 1.807) is 17.0 Å². The molecule has 2 fully saturated rings. The molecule has 1 atom stereocenters. The number of rotatable bonds is 7. The number of benzene rings is 2. The van der Waals surface area contributed by atoms with Gasteiger partial charge in [-0.3, -0.25) is 10.2 Å². The second kappa shape index (κ2) is 10.8. The number of aromatic nitrogens is 3. The molecule has 0 bridgehead atoms. The van der Waals surface area contributed by atoms with Gasteiger partial charge in [0.05, 0.1) is 23.2 Å². The van der Waals surface area contributed by atoms with E-state index in [0.717, 1.165) is 40.9 Å². The first kappa shape index (κ1) is 29.9. The number of hydrogen-bond acceptors (Lipinski definition) is 4. The summed E-state index contributed by atoms with van der Waals surface area (Å²) in [7, 11) is 0. The van der Waals surface area contributed by atoms with E-state index in [9.17, 15) is 35.5 Å². The van der Waals surface area contributed by atoms with Crippen molar-refractivity contribution < 1.29 is 35.5 Å². The first-order valence-corrected chi connectivity index (χ1v) is 14.1. The Morgan fingerprint density at radius 1 is 1.02 bits per heavy atom. The van der Waals surface area contributed by atoms with Gasteiger partial charge in [0, 0.05) is 26.2 Å². The zero-order valence-electron chi connectivity index (χ0n) is 23.3. The quantitative estimate of drug-likeness (QED) is 0.338. The summed E-state index contributed by atoms with van der Waals surface area (Å²) in [5.74, 6) is -2.25. The minimum atomic E-state index is -4.87. The lowest BCUT2D eigenvalue weighted by Gasteiger charge is -2.30. The van der Waals surface area contributed by atoms with Crippen LogP contribution in [0.4, 0.5) is 30.7 Å². The van der Waals surface area contributed by atoms with Crippen molar-refractivity contribution in [2.24, 2.45) is 5.92 Å². The third-order valence-corrected chi connectivity index (χ3v) is 8.48. The minimum Gasteiger partial charge on any atom is -0.345 e. The summed E-state index contributed by atoms with van der Waals surface area (Å²) in [5, 5.41) is 18.5. The van der Waals surface area contributed by atoms with Crippen LogP contribution in [-0.4, -0.2) is 49.5 Å². The summed E-state index contributed by atoms with van der Waals surface area (Å²) in [5.41, 5.74) is -1.61. The summed E-state index contributed by atoms with van der Waals surface area (Å²) in [6.07, 6.45) is -5.91. The predicted octanol–water partition coefficient (Wildman–Crippen LogP) is 5.54. The number of carbonyl (C=O) groups is 1. The molecule has 2 aliphatic heterocycles. The third-order valence-electron chi connectivity index (χ3n) is 8.48. The zero-order chi connectivity index (χ0) is 31.4. The van der Waals surface area contributed by atoms with Gasteiger partial charge < -0.3 is 19.7 Å². The highest BCUT2D eigenvalue weighted by molar-refractivity contribution is 5.96. The van der Waals surface area contributed by atoms with Gasteiger partial charge in [-0.2, -0.15) is 26.3 Å². The van der Waals surface area contributed by atoms with Gasteiger partial charge in [0.15, 0.2) is 11.8 Å². The molecule has 0 unspecified atom stereocenters. The molecule has 3 aliphatic rings. The SMILES string of the molecule is N=C1N[C@](CCC2CC2)(c2cccc(F)c2)CN1Cc1ccc(C(F)(F)F)c(C(=O)N2CCn3c(nnc3C(F)(F)F)C2)c1. The Hall–Kier alpha value is -4.17. The van der Waals surface area contributed by atoms with Crippen molar-refractivity contribution in [1.82, 2.24) is 29.9 Å². The molecular formula is C29H28F7N7O. The van der Waals surface area contributed by atoms with Crippen molar-refractivity contribution in [1.29, 1.82) is 5.41 Å². The number of hydrogen-bond donors (Lipinski definition) is 2. The van der Waals surface area contributed by atoms with Gasteiger partial charge in [-0.05, 0) is 54.2 Å². The van der Waals surface area contributed by atoms with Gasteiger partial charge in [-0.25, -0.2) is 4.39 Å². The molecule has 44 heavy (non-hydrogen) atoms. The second-order valence-corrected chi connectivity index (χ2v) is 11.6. The topological polar surface area (TPSA) is 90.1 Å². The average Bonchev–Trinajstić information content (AvgIpc) is 3.60. The Kier molecular flexibility index (Phi) is 7.31. The highest BCUT2D eigenvalue weighted by Gasteiger charge is 2.44. The number of halogens is 7. The van der Waals surface area contributed by atoms with Gasteiger partial charge in [-0.1, -0.05) is 31.0 Å². The van der Waals surface area contributed by atoms with E-state index in [2.05, 4.69) is 15.5 Å². The van der Waals surface area contributed by atoms with Crippen molar-refractivity contribution in [3.05, 3.63) is 82.2 Å².